The van der Waals surface area contributed by atoms with E-state index in [4.69, 9.17) is 0 Å². The van der Waals surface area contributed by atoms with Crippen LogP contribution in [0.5, 0.6) is 0 Å². The first kappa shape index (κ1) is 16.5. The van der Waals surface area contributed by atoms with Crippen LogP contribution in [-0.2, 0) is 11.8 Å². The van der Waals surface area contributed by atoms with Crippen molar-refractivity contribution >= 4 is 33.4 Å². The van der Waals surface area contributed by atoms with Gasteiger partial charge in [-0.3, -0.25) is 14.3 Å². The number of thiophene rings is 1. The van der Waals surface area contributed by atoms with E-state index in [2.05, 4.69) is 10.4 Å². The summed E-state index contributed by atoms with van der Waals surface area (Å²) >= 11 is 1.37. The Kier molecular flexibility index (Phi) is 4.85. The van der Waals surface area contributed by atoms with Gasteiger partial charge >= 0.3 is 5.97 Å². The SMILES string of the molecule is Cc1nn(C)c2sc(C(=O)NCC(CC(C)C)C(=O)O)cc12. The van der Waals surface area contributed by atoms with E-state index >= 15 is 0 Å². The Labute approximate surface area is 133 Å². The van der Waals surface area contributed by atoms with Gasteiger partial charge in [0.15, 0.2) is 0 Å². The second-order valence-corrected chi connectivity index (χ2v) is 6.94. The molecule has 0 fully saturated rings. The van der Waals surface area contributed by atoms with Crippen molar-refractivity contribution in [3.05, 3.63) is 16.6 Å². The lowest BCUT2D eigenvalue weighted by atomic mass is 9.97. The van der Waals surface area contributed by atoms with E-state index in [0.717, 1.165) is 15.9 Å². The number of aliphatic carboxylic acids is 1. The smallest absolute Gasteiger partial charge is 0.308 e. The monoisotopic (exact) mass is 323 g/mol. The molecule has 22 heavy (non-hydrogen) atoms. The highest BCUT2D eigenvalue weighted by Gasteiger charge is 2.21. The molecular weight excluding hydrogens is 302 g/mol. The van der Waals surface area contributed by atoms with Crippen molar-refractivity contribution in [1.29, 1.82) is 0 Å². The van der Waals surface area contributed by atoms with Gasteiger partial charge in [-0.15, -0.1) is 11.3 Å². The van der Waals surface area contributed by atoms with Gasteiger partial charge in [0.1, 0.15) is 4.83 Å². The molecule has 0 radical (unpaired) electrons. The Bertz CT molecular complexity index is 668. The number of carboxylic acid groups (broad SMARTS) is 1. The van der Waals surface area contributed by atoms with E-state index < -0.39 is 11.9 Å². The van der Waals surface area contributed by atoms with E-state index in [1.807, 2.05) is 33.9 Å². The highest BCUT2D eigenvalue weighted by molar-refractivity contribution is 7.20. The summed E-state index contributed by atoms with van der Waals surface area (Å²) in [4.78, 5) is 25.0. The summed E-state index contributed by atoms with van der Waals surface area (Å²) in [6.07, 6.45) is 0.547. The zero-order valence-electron chi connectivity index (χ0n) is 13.2. The number of aromatic nitrogens is 2. The Balaban J connectivity index is 2.07. The van der Waals surface area contributed by atoms with Gasteiger partial charge < -0.3 is 10.4 Å². The van der Waals surface area contributed by atoms with Crippen molar-refractivity contribution in [3.63, 3.8) is 0 Å². The van der Waals surface area contributed by atoms with Crippen LogP contribution in [0.2, 0.25) is 0 Å². The average Bonchev–Trinajstić information content (AvgIpc) is 2.96. The molecule has 120 valence electrons. The van der Waals surface area contributed by atoms with E-state index in [1.54, 1.807) is 4.68 Å². The number of fused-ring (bicyclic) bond motifs is 1. The fourth-order valence-electron chi connectivity index (χ4n) is 2.46. The molecule has 0 aliphatic rings. The number of aryl methyl sites for hydroxylation is 2. The topological polar surface area (TPSA) is 84.2 Å². The second-order valence-electron chi connectivity index (χ2n) is 5.91. The Morgan fingerprint density at radius 1 is 1.45 bits per heavy atom. The number of carbonyl (C=O) groups excluding carboxylic acids is 1. The van der Waals surface area contributed by atoms with Crippen LogP contribution in [0, 0.1) is 18.8 Å². The van der Waals surface area contributed by atoms with Crippen molar-refractivity contribution in [2.75, 3.05) is 6.54 Å². The normalized spacial score (nSPS) is 12.8. The lowest BCUT2D eigenvalue weighted by molar-refractivity contribution is -0.142. The van der Waals surface area contributed by atoms with E-state index in [0.29, 0.717) is 11.3 Å². The lowest BCUT2D eigenvalue weighted by Gasteiger charge is -2.15. The Hall–Kier alpha value is -1.89. The molecule has 7 heteroatoms. The molecule has 0 aliphatic heterocycles. The molecule has 2 rings (SSSR count). The van der Waals surface area contributed by atoms with Gasteiger partial charge in [0.25, 0.3) is 5.91 Å². The molecule has 1 amide bonds. The molecule has 0 aromatic carbocycles. The third-order valence-electron chi connectivity index (χ3n) is 3.53. The molecule has 2 N–H and O–H groups in total. The molecular formula is C15H21N3O3S. The highest BCUT2D eigenvalue weighted by atomic mass is 32.1. The van der Waals surface area contributed by atoms with Gasteiger partial charge in [0.2, 0.25) is 0 Å². The number of hydrogen-bond acceptors (Lipinski definition) is 4. The van der Waals surface area contributed by atoms with Gasteiger partial charge in [0, 0.05) is 19.0 Å². The fourth-order valence-corrected chi connectivity index (χ4v) is 3.50. The fraction of sp³-hybridized carbons (Fsp3) is 0.533. The minimum atomic E-state index is -0.870. The standard InChI is InChI=1S/C15H21N3O3S/c1-8(2)5-10(15(20)21)7-16-13(19)12-6-11-9(3)17-18(4)14(11)22-12/h6,8,10H,5,7H2,1-4H3,(H,16,19)(H,20,21). The van der Waals surface area contributed by atoms with Crippen LogP contribution in [0.1, 0.15) is 35.6 Å². The number of hydrogen-bond donors (Lipinski definition) is 2. The number of nitrogens with one attached hydrogen (secondary N) is 1. The van der Waals surface area contributed by atoms with Gasteiger partial charge in [0.05, 0.1) is 16.5 Å². The summed E-state index contributed by atoms with van der Waals surface area (Å²) in [6.45, 7) is 6.00. The maximum Gasteiger partial charge on any atom is 0.308 e. The maximum absolute atomic E-state index is 12.2. The van der Waals surface area contributed by atoms with Crippen LogP contribution >= 0.6 is 11.3 Å². The molecule has 0 bridgehead atoms. The van der Waals surface area contributed by atoms with Crippen LogP contribution in [0.4, 0.5) is 0 Å². The Morgan fingerprint density at radius 2 is 2.14 bits per heavy atom. The van der Waals surface area contributed by atoms with Crippen molar-refractivity contribution in [1.82, 2.24) is 15.1 Å². The molecule has 0 spiro atoms. The molecule has 1 unspecified atom stereocenters. The van der Waals surface area contributed by atoms with Crippen molar-refractivity contribution in [2.45, 2.75) is 27.2 Å². The third kappa shape index (κ3) is 3.47. The number of nitrogens with zero attached hydrogens (tertiary/aromatic N) is 2. The van der Waals surface area contributed by atoms with Crippen LogP contribution in [0.15, 0.2) is 6.07 Å². The molecule has 6 nitrogen and oxygen atoms in total. The number of amides is 1. The average molecular weight is 323 g/mol. The second kappa shape index (κ2) is 6.48. The van der Waals surface area contributed by atoms with Crippen LogP contribution in [-0.4, -0.2) is 33.3 Å². The first-order valence-electron chi connectivity index (χ1n) is 7.23. The molecule has 2 aromatic rings. The quantitative estimate of drug-likeness (QED) is 0.855. The molecule has 2 aromatic heterocycles. The third-order valence-corrected chi connectivity index (χ3v) is 4.73. The van der Waals surface area contributed by atoms with Gasteiger partial charge in [-0.25, -0.2) is 0 Å². The number of rotatable bonds is 6. The van der Waals surface area contributed by atoms with Gasteiger partial charge in [-0.2, -0.15) is 5.10 Å². The van der Waals surface area contributed by atoms with E-state index in [-0.39, 0.29) is 18.4 Å². The maximum atomic E-state index is 12.2. The zero-order valence-corrected chi connectivity index (χ0v) is 14.0. The van der Waals surface area contributed by atoms with Crippen molar-refractivity contribution < 1.29 is 14.7 Å². The summed E-state index contributed by atoms with van der Waals surface area (Å²) in [5.41, 5.74) is 0.885. The largest absolute Gasteiger partial charge is 0.481 e. The van der Waals surface area contributed by atoms with Gasteiger partial charge in [-0.1, -0.05) is 13.8 Å². The summed E-state index contributed by atoms with van der Waals surface area (Å²) in [6, 6.07) is 1.82. The predicted octanol–water partition coefficient (Wildman–Crippen LogP) is 2.42. The minimum absolute atomic E-state index is 0.151. The van der Waals surface area contributed by atoms with Crippen molar-refractivity contribution in [2.24, 2.45) is 18.9 Å². The molecule has 0 saturated carbocycles. The summed E-state index contributed by atoms with van der Waals surface area (Å²) < 4.78 is 1.75. The minimum Gasteiger partial charge on any atom is -0.481 e. The van der Waals surface area contributed by atoms with Crippen LogP contribution in [0.3, 0.4) is 0 Å². The number of carboxylic acids is 1. The van der Waals surface area contributed by atoms with E-state index in [1.165, 1.54) is 11.3 Å². The molecule has 0 aliphatic carbocycles. The summed E-state index contributed by atoms with van der Waals surface area (Å²) in [5.74, 6) is -1.38. The van der Waals surface area contributed by atoms with Crippen LogP contribution < -0.4 is 5.32 Å². The van der Waals surface area contributed by atoms with Gasteiger partial charge in [-0.05, 0) is 25.3 Å². The zero-order chi connectivity index (χ0) is 16.4. The van der Waals surface area contributed by atoms with Crippen molar-refractivity contribution in [3.8, 4) is 0 Å². The highest BCUT2D eigenvalue weighted by Crippen LogP contribution is 2.27. The lowest BCUT2D eigenvalue weighted by Crippen LogP contribution is -2.33. The Morgan fingerprint density at radius 3 is 2.68 bits per heavy atom. The number of carbonyl (C=O) groups is 2. The summed E-state index contributed by atoms with van der Waals surface area (Å²) in [7, 11) is 1.84. The molecule has 1 atom stereocenters. The molecule has 2 heterocycles. The predicted molar refractivity (Wildman–Crippen MR) is 86.2 cm³/mol. The first-order chi connectivity index (χ1) is 10.3. The first-order valence-corrected chi connectivity index (χ1v) is 8.05. The summed E-state index contributed by atoms with van der Waals surface area (Å²) in [5, 5.41) is 17.2. The van der Waals surface area contributed by atoms with E-state index in [9.17, 15) is 14.7 Å². The van der Waals surface area contributed by atoms with Crippen LogP contribution in [0.25, 0.3) is 10.2 Å². The molecule has 0 saturated heterocycles.